The second-order valence-electron chi connectivity index (χ2n) is 9.15. The molecule has 4 aromatic carbocycles. The van der Waals surface area contributed by atoms with E-state index in [1.54, 1.807) is 0 Å². The van der Waals surface area contributed by atoms with E-state index in [4.69, 9.17) is 4.74 Å². The quantitative estimate of drug-likeness (QED) is 0.242. The summed E-state index contributed by atoms with van der Waals surface area (Å²) in [4.78, 5) is 3.63. The predicted octanol–water partition coefficient (Wildman–Crippen LogP) is 4.73. The summed E-state index contributed by atoms with van der Waals surface area (Å²) < 4.78 is 8.33. The van der Waals surface area contributed by atoms with E-state index in [-0.39, 0.29) is 17.0 Å². The summed E-state index contributed by atoms with van der Waals surface area (Å²) in [6, 6.07) is 40.0. The lowest BCUT2D eigenvalue weighted by Crippen LogP contribution is -3.00. The Balaban J connectivity index is 0.00000308. The molecule has 0 aliphatic carbocycles. The highest BCUT2D eigenvalue weighted by atomic mass is 79.9. The number of fused-ring (bicyclic) bond motifs is 2. The minimum Gasteiger partial charge on any atom is -1.00 e. The highest BCUT2D eigenvalue weighted by Crippen LogP contribution is 2.45. The van der Waals surface area contributed by atoms with Gasteiger partial charge in [0.1, 0.15) is 12.4 Å². The van der Waals surface area contributed by atoms with Gasteiger partial charge in [-0.1, -0.05) is 96.7 Å². The minimum atomic E-state index is 0. The number of benzene rings is 4. The molecule has 0 saturated carbocycles. The number of pyridine rings is 1. The summed E-state index contributed by atoms with van der Waals surface area (Å²) in [7, 11) is 0. The van der Waals surface area contributed by atoms with E-state index in [2.05, 4.69) is 119 Å². The van der Waals surface area contributed by atoms with Crippen molar-refractivity contribution in [2.45, 2.75) is 11.4 Å². The fourth-order valence-electron chi connectivity index (χ4n) is 4.79. The molecule has 0 N–H and O–H groups in total. The monoisotopic (exact) mass is 592 g/mol. The summed E-state index contributed by atoms with van der Waals surface area (Å²) in [5.41, 5.74) is 4.97. The van der Waals surface area contributed by atoms with Crippen molar-refractivity contribution in [2.24, 2.45) is 0 Å². The van der Waals surface area contributed by atoms with E-state index in [1.165, 1.54) is 37.6 Å². The van der Waals surface area contributed by atoms with Crippen molar-refractivity contribution < 1.29 is 26.3 Å². The third-order valence-electron chi connectivity index (χ3n) is 6.63. The SMILES string of the molecule is C(/C=C/c1cc[n+](Cc2ccccc2)c2ccccc12)=C1/Sc2ccccc2N1CCOc1ccccc1.[Br-]. The van der Waals surface area contributed by atoms with Crippen LogP contribution in [0.3, 0.4) is 0 Å². The van der Waals surface area contributed by atoms with Crippen LogP contribution in [0.1, 0.15) is 11.1 Å². The Morgan fingerprint density at radius 1 is 0.769 bits per heavy atom. The number of hydrogen-bond acceptors (Lipinski definition) is 3. The smallest absolute Gasteiger partial charge is 0.213 e. The van der Waals surface area contributed by atoms with Gasteiger partial charge in [0, 0.05) is 22.6 Å². The summed E-state index contributed by atoms with van der Waals surface area (Å²) in [5.74, 6) is 0.901. The molecule has 2 heterocycles. The van der Waals surface area contributed by atoms with Gasteiger partial charge in [0.15, 0.2) is 12.7 Å². The summed E-state index contributed by atoms with van der Waals surface area (Å²) in [6.45, 7) is 2.25. The van der Waals surface area contributed by atoms with Crippen molar-refractivity contribution in [3.63, 3.8) is 0 Å². The number of halogens is 1. The number of allylic oxidation sites excluding steroid dienone is 2. The lowest BCUT2D eigenvalue weighted by Gasteiger charge is -2.20. The Hall–Kier alpha value is -3.80. The fourth-order valence-corrected chi connectivity index (χ4v) is 5.89. The molecule has 1 aliphatic rings. The van der Waals surface area contributed by atoms with Gasteiger partial charge in [-0.25, -0.2) is 0 Å². The van der Waals surface area contributed by atoms with E-state index in [9.17, 15) is 0 Å². The van der Waals surface area contributed by atoms with Crippen LogP contribution in [-0.4, -0.2) is 13.2 Å². The molecule has 1 aliphatic heterocycles. The Kier molecular flexibility index (Phi) is 8.82. The fraction of sp³-hybridized carbons (Fsp3) is 0.0882. The van der Waals surface area contributed by atoms with Crippen LogP contribution in [0.25, 0.3) is 17.0 Å². The van der Waals surface area contributed by atoms with E-state index >= 15 is 0 Å². The molecule has 6 rings (SSSR count). The third-order valence-corrected chi connectivity index (χ3v) is 7.76. The first-order chi connectivity index (χ1) is 18.8. The Labute approximate surface area is 244 Å². The number of thioether (sulfide) groups is 1. The maximum Gasteiger partial charge on any atom is 0.213 e. The topological polar surface area (TPSA) is 16.4 Å². The molecule has 0 fully saturated rings. The predicted molar refractivity (Wildman–Crippen MR) is 158 cm³/mol. The van der Waals surface area contributed by atoms with Crippen LogP contribution >= 0.6 is 11.8 Å². The lowest BCUT2D eigenvalue weighted by molar-refractivity contribution is -0.662. The van der Waals surface area contributed by atoms with Crippen LogP contribution < -0.4 is 31.2 Å². The number of anilines is 1. The number of rotatable bonds is 8. The Morgan fingerprint density at radius 3 is 2.33 bits per heavy atom. The average molecular weight is 594 g/mol. The van der Waals surface area contributed by atoms with Gasteiger partial charge in [-0.3, -0.25) is 0 Å². The molecule has 5 aromatic rings. The molecule has 5 heteroatoms. The normalized spacial score (nSPS) is 13.5. The second kappa shape index (κ2) is 12.8. The molecule has 0 unspecified atom stereocenters. The van der Waals surface area contributed by atoms with Crippen molar-refractivity contribution in [3.8, 4) is 5.75 Å². The Morgan fingerprint density at radius 2 is 1.49 bits per heavy atom. The number of aromatic nitrogens is 1. The molecule has 39 heavy (non-hydrogen) atoms. The van der Waals surface area contributed by atoms with Gasteiger partial charge in [0.2, 0.25) is 5.52 Å². The van der Waals surface area contributed by atoms with Crippen molar-refractivity contribution in [2.75, 3.05) is 18.1 Å². The second-order valence-corrected chi connectivity index (χ2v) is 10.2. The summed E-state index contributed by atoms with van der Waals surface area (Å²) in [5, 5.41) is 2.45. The lowest BCUT2D eigenvalue weighted by atomic mass is 10.1. The first-order valence-corrected chi connectivity index (χ1v) is 13.7. The van der Waals surface area contributed by atoms with Crippen LogP contribution in [0.15, 0.2) is 144 Å². The number of ether oxygens (including phenoxy) is 1. The molecule has 1 aromatic heterocycles. The number of para-hydroxylation sites is 3. The largest absolute Gasteiger partial charge is 1.00 e. The first kappa shape index (κ1) is 26.8. The maximum absolute atomic E-state index is 6.01. The van der Waals surface area contributed by atoms with Gasteiger partial charge < -0.3 is 26.6 Å². The molecular weight excluding hydrogens is 564 g/mol. The van der Waals surface area contributed by atoms with Crippen molar-refractivity contribution >= 4 is 34.4 Å². The standard InChI is InChI=1S/C34H29N2OS.BrH/c1-3-12-27(13-4-1)26-35-23-22-28(30-17-7-8-18-31(30)35)14-11-21-34-36(32-19-9-10-20-33(32)38-34)24-25-37-29-15-5-2-6-16-29;/h1-23H,24-26H2;1H/q+1;/p-1. The van der Waals surface area contributed by atoms with Gasteiger partial charge in [0.05, 0.1) is 22.6 Å². The molecule has 0 bridgehead atoms. The highest BCUT2D eigenvalue weighted by Gasteiger charge is 2.24. The van der Waals surface area contributed by atoms with Crippen LogP contribution in [0, 0.1) is 0 Å². The maximum atomic E-state index is 6.01. The zero-order chi connectivity index (χ0) is 25.6. The number of nitrogens with zero attached hydrogens (tertiary/aromatic N) is 2. The average Bonchev–Trinajstić information content (AvgIpc) is 3.32. The van der Waals surface area contributed by atoms with Gasteiger partial charge in [-0.15, -0.1) is 0 Å². The molecule has 0 spiro atoms. The van der Waals surface area contributed by atoms with Crippen LogP contribution in [-0.2, 0) is 6.54 Å². The van der Waals surface area contributed by atoms with Crippen LogP contribution in [0.4, 0.5) is 5.69 Å². The summed E-state index contributed by atoms with van der Waals surface area (Å²) in [6.07, 6.45) is 8.79. The van der Waals surface area contributed by atoms with E-state index in [1.807, 2.05) is 42.1 Å². The van der Waals surface area contributed by atoms with Crippen molar-refractivity contribution in [3.05, 3.63) is 150 Å². The first-order valence-electron chi connectivity index (χ1n) is 12.9. The zero-order valence-corrected chi connectivity index (χ0v) is 23.9. The van der Waals surface area contributed by atoms with Crippen LogP contribution in [0.5, 0.6) is 5.75 Å². The van der Waals surface area contributed by atoms with Gasteiger partial charge in [-0.2, -0.15) is 4.57 Å². The molecule has 194 valence electrons. The molecular formula is C34H29BrN2OS. The number of hydrogen-bond donors (Lipinski definition) is 0. The van der Waals surface area contributed by atoms with Crippen LogP contribution in [0.2, 0.25) is 0 Å². The van der Waals surface area contributed by atoms with Gasteiger partial charge in [0.25, 0.3) is 0 Å². The highest BCUT2D eigenvalue weighted by molar-refractivity contribution is 8.03. The van der Waals surface area contributed by atoms with E-state index in [0.717, 1.165) is 18.8 Å². The Bertz CT molecular complexity index is 1600. The molecule has 0 saturated heterocycles. The van der Waals surface area contributed by atoms with Gasteiger partial charge >= 0.3 is 0 Å². The molecule has 0 amide bonds. The van der Waals surface area contributed by atoms with E-state index in [0.29, 0.717) is 6.61 Å². The molecule has 0 atom stereocenters. The van der Waals surface area contributed by atoms with Crippen molar-refractivity contribution in [1.29, 1.82) is 0 Å². The third kappa shape index (κ3) is 6.27. The van der Waals surface area contributed by atoms with E-state index < -0.39 is 0 Å². The summed E-state index contributed by atoms with van der Waals surface area (Å²) >= 11 is 1.81. The zero-order valence-electron chi connectivity index (χ0n) is 21.5. The molecule has 0 radical (unpaired) electrons. The minimum absolute atomic E-state index is 0. The van der Waals surface area contributed by atoms with Gasteiger partial charge in [-0.05, 0) is 42.0 Å². The van der Waals surface area contributed by atoms with Crippen molar-refractivity contribution in [1.82, 2.24) is 0 Å². The molecule has 3 nitrogen and oxygen atoms in total.